The van der Waals surface area contributed by atoms with Crippen molar-refractivity contribution in [2.24, 2.45) is 0 Å². The number of benzene rings is 1. The largest absolute Gasteiger partial charge is 0.329 e. The van der Waals surface area contributed by atoms with Crippen molar-refractivity contribution in [1.29, 1.82) is 0 Å². The molecule has 1 aliphatic carbocycles. The Labute approximate surface area is 159 Å². The predicted octanol–water partition coefficient (Wildman–Crippen LogP) is 5.06. The highest BCUT2D eigenvalue weighted by Crippen LogP contribution is 2.45. The van der Waals surface area contributed by atoms with Crippen LogP contribution in [0.2, 0.25) is 10.0 Å². The zero-order valence-corrected chi connectivity index (χ0v) is 15.5. The molecule has 4 rings (SSSR count). The molecular formula is C19H15Cl2NO2S. The topological polar surface area (TPSA) is 46.2 Å². The highest BCUT2D eigenvalue weighted by Gasteiger charge is 2.39. The monoisotopic (exact) mass is 391 g/mol. The second-order valence-corrected chi connectivity index (χ2v) is 8.15. The van der Waals surface area contributed by atoms with E-state index in [0.29, 0.717) is 28.5 Å². The Morgan fingerprint density at radius 1 is 1.04 bits per heavy atom. The molecule has 1 aromatic heterocycles. The number of Topliss-reactive ketones (excluding diaryl/α,β-unsaturated/α-hetero) is 1. The van der Waals surface area contributed by atoms with Crippen molar-refractivity contribution in [3.8, 4) is 0 Å². The molecule has 128 valence electrons. The van der Waals surface area contributed by atoms with Gasteiger partial charge in [-0.05, 0) is 29.5 Å². The van der Waals surface area contributed by atoms with Gasteiger partial charge in [-0.15, -0.1) is 11.3 Å². The van der Waals surface area contributed by atoms with Crippen LogP contribution in [0.3, 0.4) is 0 Å². The fourth-order valence-corrected chi connectivity index (χ4v) is 5.01. The summed E-state index contributed by atoms with van der Waals surface area (Å²) >= 11 is 14.2. The Balaban J connectivity index is 1.77. The first kappa shape index (κ1) is 16.8. The fourth-order valence-electron chi connectivity index (χ4n) is 3.74. The molecular weight excluding hydrogens is 377 g/mol. The molecule has 1 aromatic carbocycles. The van der Waals surface area contributed by atoms with Crippen molar-refractivity contribution in [2.45, 2.75) is 31.1 Å². The van der Waals surface area contributed by atoms with Gasteiger partial charge in [0.05, 0.1) is 10.0 Å². The molecule has 0 spiro atoms. The average Bonchev–Trinajstić information content (AvgIpc) is 3.10. The van der Waals surface area contributed by atoms with Gasteiger partial charge in [-0.1, -0.05) is 41.4 Å². The molecule has 2 heterocycles. The maximum Gasteiger partial charge on any atom is 0.225 e. The maximum atomic E-state index is 12.9. The van der Waals surface area contributed by atoms with Crippen LogP contribution in [0.25, 0.3) is 0 Å². The molecule has 1 N–H and O–H groups in total. The van der Waals surface area contributed by atoms with Gasteiger partial charge in [0.25, 0.3) is 0 Å². The molecule has 0 saturated carbocycles. The van der Waals surface area contributed by atoms with E-state index >= 15 is 0 Å². The minimum absolute atomic E-state index is 0.0839. The number of ketones is 1. The van der Waals surface area contributed by atoms with Gasteiger partial charge in [-0.25, -0.2) is 0 Å². The van der Waals surface area contributed by atoms with Crippen molar-refractivity contribution in [3.63, 3.8) is 0 Å². The van der Waals surface area contributed by atoms with E-state index in [-0.39, 0.29) is 29.9 Å². The second kappa shape index (κ2) is 6.60. The lowest BCUT2D eigenvalue weighted by atomic mass is 9.74. The minimum atomic E-state index is -0.327. The molecule has 0 saturated heterocycles. The van der Waals surface area contributed by atoms with Gasteiger partial charge in [0.1, 0.15) is 0 Å². The number of carbonyl (C=O) groups excluding carboxylic acids is 2. The van der Waals surface area contributed by atoms with Gasteiger partial charge in [0.2, 0.25) is 5.91 Å². The quantitative estimate of drug-likeness (QED) is 0.777. The lowest BCUT2D eigenvalue weighted by molar-refractivity contribution is -0.122. The van der Waals surface area contributed by atoms with Gasteiger partial charge in [-0.2, -0.15) is 0 Å². The summed E-state index contributed by atoms with van der Waals surface area (Å²) in [5.41, 5.74) is 2.18. The van der Waals surface area contributed by atoms with Gasteiger partial charge < -0.3 is 5.32 Å². The number of amides is 1. The van der Waals surface area contributed by atoms with E-state index in [1.54, 1.807) is 23.5 Å². The van der Waals surface area contributed by atoms with Gasteiger partial charge >= 0.3 is 0 Å². The maximum absolute atomic E-state index is 12.9. The van der Waals surface area contributed by atoms with Crippen LogP contribution >= 0.6 is 34.5 Å². The molecule has 2 aliphatic rings. The molecule has 2 aromatic rings. The Bertz CT molecular complexity index is 889. The van der Waals surface area contributed by atoms with Crippen LogP contribution < -0.4 is 5.32 Å². The van der Waals surface area contributed by atoms with E-state index in [2.05, 4.69) is 5.32 Å². The summed E-state index contributed by atoms with van der Waals surface area (Å²) in [4.78, 5) is 26.4. The van der Waals surface area contributed by atoms with E-state index in [1.165, 1.54) is 4.88 Å². The summed E-state index contributed by atoms with van der Waals surface area (Å²) in [7, 11) is 0. The van der Waals surface area contributed by atoms with Gasteiger partial charge in [-0.3, -0.25) is 9.59 Å². The lowest BCUT2D eigenvalue weighted by Crippen LogP contribution is -2.38. The molecule has 3 nitrogen and oxygen atoms in total. The Kier molecular flexibility index (Phi) is 4.44. The summed E-state index contributed by atoms with van der Waals surface area (Å²) in [6.45, 7) is 0. The number of carbonyl (C=O) groups is 2. The van der Waals surface area contributed by atoms with Crippen LogP contribution in [0.5, 0.6) is 0 Å². The summed E-state index contributed by atoms with van der Waals surface area (Å²) in [6.07, 6.45) is 1.35. The first-order valence-electron chi connectivity index (χ1n) is 8.08. The van der Waals surface area contributed by atoms with E-state index < -0.39 is 0 Å². The highest BCUT2D eigenvalue weighted by molar-refractivity contribution is 7.10. The van der Waals surface area contributed by atoms with E-state index in [9.17, 15) is 9.59 Å². The number of thiophene rings is 1. The molecule has 2 atom stereocenters. The molecule has 2 unspecified atom stereocenters. The molecule has 0 fully saturated rings. The van der Waals surface area contributed by atoms with E-state index in [4.69, 9.17) is 23.2 Å². The zero-order valence-electron chi connectivity index (χ0n) is 13.2. The predicted molar refractivity (Wildman–Crippen MR) is 100 cm³/mol. The molecule has 6 heteroatoms. The van der Waals surface area contributed by atoms with Crippen LogP contribution in [0.4, 0.5) is 0 Å². The normalized spacial score (nSPS) is 23.4. The van der Waals surface area contributed by atoms with Crippen LogP contribution in [-0.4, -0.2) is 11.7 Å². The number of hydrogen-bond donors (Lipinski definition) is 1. The lowest BCUT2D eigenvalue weighted by Gasteiger charge is -2.34. The molecule has 25 heavy (non-hydrogen) atoms. The third-order valence-electron chi connectivity index (χ3n) is 4.84. The fraction of sp³-hybridized carbons (Fsp3) is 0.263. The molecule has 1 aliphatic heterocycles. The Morgan fingerprint density at radius 3 is 2.64 bits per heavy atom. The summed E-state index contributed by atoms with van der Waals surface area (Å²) in [5.74, 6) is -0.202. The van der Waals surface area contributed by atoms with Crippen LogP contribution in [0, 0.1) is 0 Å². The molecule has 1 amide bonds. The summed E-state index contributed by atoms with van der Waals surface area (Å²) in [6, 6.07) is 9.40. The first-order chi connectivity index (χ1) is 12.0. The molecule has 0 radical (unpaired) electrons. The van der Waals surface area contributed by atoms with Crippen molar-refractivity contribution in [1.82, 2.24) is 5.32 Å². The standard InChI is InChI=1S/C19H15Cl2NO2S/c20-13-4-1-3-11(19(13)21)12-9-17(24)22-14-7-10(8-15(23)18(12)14)16-5-2-6-25-16/h1-6,10,12H,7-9H2,(H,22,24). The van der Waals surface area contributed by atoms with Gasteiger partial charge in [0.15, 0.2) is 5.78 Å². The van der Waals surface area contributed by atoms with Crippen molar-refractivity contribution in [2.75, 3.05) is 0 Å². The van der Waals surface area contributed by atoms with Crippen molar-refractivity contribution in [3.05, 3.63) is 67.5 Å². The van der Waals surface area contributed by atoms with Crippen LogP contribution in [-0.2, 0) is 9.59 Å². The summed E-state index contributed by atoms with van der Waals surface area (Å²) in [5, 5.41) is 5.79. The number of nitrogens with one attached hydrogen (secondary N) is 1. The number of halogens is 2. The number of rotatable bonds is 2. The van der Waals surface area contributed by atoms with Gasteiger partial charge in [0, 0.05) is 40.8 Å². The van der Waals surface area contributed by atoms with E-state index in [0.717, 1.165) is 11.3 Å². The Morgan fingerprint density at radius 2 is 1.88 bits per heavy atom. The third kappa shape index (κ3) is 3.03. The summed E-state index contributed by atoms with van der Waals surface area (Å²) < 4.78 is 0. The van der Waals surface area contributed by atoms with Crippen LogP contribution in [0.1, 0.15) is 41.5 Å². The highest BCUT2D eigenvalue weighted by atomic mass is 35.5. The first-order valence-corrected chi connectivity index (χ1v) is 9.71. The SMILES string of the molecule is O=C1CC(c2cccc(Cl)c2Cl)C2=C(CC(c3cccs3)CC2=O)N1. The number of allylic oxidation sites excluding steroid dienone is 2. The van der Waals surface area contributed by atoms with Crippen LogP contribution in [0.15, 0.2) is 47.0 Å². The van der Waals surface area contributed by atoms with E-state index in [1.807, 2.05) is 23.6 Å². The third-order valence-corrected chi connectivity index (χ3v) is 6.71. The minimum Gasteiger partial charge on any atom is -0.329 e. The zero-order chi connectivity index (χ0) is 17.6. The molecule has 0 bridgehead atoms. The smallest absolute Gasteiger partial charge is 0.225 e. The number of hydrogen-bond acceptors (Lipinski definition) is 3. The van der Waals surface area contributed by atoms with Crippen molar-refractivity contribution >= 4 is 46.2 Å². The second-order valence-electron chi connectivity index (χ2n) is 6.38. The average molecular weight is 392 g/mol. The Hall–Kier alpha value is -1.62. The van der Waals surface area contributed by atoms with Crippen molar-refractivity contribution < 1.29 is 9.59 Å².